The summed E-state index contributed by atoms with van der Waals surface area (Å²) in [5, 5.41) is 3.91. The molecule has 0 amide bonds. The van der Waals surface area contributed by atoms with Crippen molar-refractivity contribution in [2.75, 3.05) is 13.2 Å². The standard InChI is InChI=1S/C45H47N3O8/c46-48-47-39(40(26-49)51-28-35-18-8-2-9-19-35)32-55-45-44(54-31-38-24-14-5-15-25-38)43(53-30-37-22-12-4-13-23-37)42(52-29-36-20-10-3-11-21-36)41(56-45)33-50-27-34-16-6-1-7-17-34/h1-26,39-45H,27-33H2/t39-,40+,41+,42-,43-,44+,45-/m0/s1. The zero-order valence-corrected chi connectivity index (χ0v) is 31.1. The molecule has 11 nitrogen and oxygen atoms in total. The van der Waals surface area contributed by atoms with Crippen LogP contribution in [0.1, 0.15) is 27.8 Å². The SMILES string of the molecule is [N-]=[N+]=N[C@@H](CO[C@H]1O[C@H](COCc2ccccc2)[C@H](OCc2ccccc2)[C@H](OCc2ccccc2)[C@H]1OCc1ccccc1)[C@@H](C=O)OCc1ccccc1. The van der Waals surface area contributed by atoms with Crippen molar-refractivity contribution in [3.8, 4) is 0 Å². The predicted octanol–water partition coefficient (Wildman–Crippen LogP) is 8.16. The van der Waals surface area contributed by atoms with E-state index in [1.54, 1.807) is 0 Å². The van der Waals surface area contributed by atoms with Crippen molar-refractivity contribution < 1.29 is 38.0 Å². The third-order valence-corrected chi connectivity index (χ3v) is 9.27. The molecule has 0 N–H and O–H groups in total. The summed E-state index contributed by atoms with van der Waals surface area (Å²) in [6, 6.07) is 47.8. The van der Waals surface area contributed by atoms with E-state index in [4.69, 9.17) is 33.2 Å². The number of hydrogen-bond acceptors (Lipinski definition) is 9. The summed E-state index contributed by atoms with van der Waals surface area (Å²) in [7, 11) is 0. The van der Waals surface area contributed by atoms with Crippen LogP contribution in [-0.2, 0) is 71.0 Å². The van der Waals surface area contributed by atoms with Crippen molar-refractivity contribution in [1.29, 1.82) is 0 Å². The van der Waals surface area contributed by atoms with Gasteiger partial charge in [0.25, 0.3) is 0 Å². The van der Waals surface area contributed by atoms with Crippen LogP contribution in [0.2, 0.25) is 0 Å². The highest BCUT2D eigenvalue weighted by Gasteiger charge is 2.49. The lowest BCUT2D eigenvalue weighted by atomic mass is 9.97. The van der Waals surface area contributed by atoms with E-state index < -0.39 is 42.9 Å². The maximum Gasteiger partial charge on any atom is 0.186 e. The second-order valence-corrected chi connectivity index (χ2v) is 13.3. The van der Waals surface area contributed by atoms with Gasteiger partial charge in [0.15, 0.2) is 6.29 Å². The fourth-order valence-corrected chi connectivity index (χ4v) is 6.34. The van der Waals surface area contributed by atoms with Gasteiger partial charge in [-0.15, -0.1) is 0 Å². The zero-order chi connectivity index (χ0) is 38.6. The van der Waals surface area contributed by atoms with Crippen molar-refractivity contribution in [1.82, 2.24) is 0 Å². The van der Waals surface area contributed by atoms with Crippen molar-refractivity contribution in [3.63, 3.8) is 0 Å². The number of nitrogens with zero attached hydrogens (tertiary/aromatic N) is 3. The number of ether oxygens (including phenoxy) is 7. The second kappa shape index (κ2) is 22.4. The van der Waals surface area contributed by atoms with Crippen molar-refractivity contribution in [3.05, 3.63) is 190 Å². The highest BCUT2D eigenvalue weighted by atomic mass is 16.7. The lowest BCUT2D eigenvalue weighted by Crippen LogP contribution is -2.62. The van der Waals surface area contributed by atoms with E-state index in [9.17, 15) is 10.3 Å². The molecule has 5 aromatic rings. The van der Waals surface area contributed by atoms with Crippen LogP contribution in [0, 0.1) is 0 Å². The monoisotopic (exact) mass is 757 g/mol. The molecule has 0 unspecified atom stereocenters. The van der Waals surface area contributed by atoms with Gasteiger partial charge in [-0.1, -0.05) is 157 Å². The molecule has 0 saturated carbocycles. The lowest BCUT2D eigenvalue weighted by molar-refractivity contribution is -0.329. The van der Waals surface area contributed by atoms with E-state index in [1.807, 2.05) is 152 Å². The van der Waals surface area contributed by atoms with E-state index in [0.717, 1.165) is 27.8 Å². The first-order valence-corrected chi connectivity index (χ1v) is 18.7. The average molecular weight is 758 g/mol. The normalized spacial score (nSPS) is 20.4. The van der Waals surface area contributed by atoms with Crippen LogP contribution in [0.25, 0.3) is 10.4 Å². The number of benzene rings is 5. The van der Waals surface area contributed by atoms with Crippen molar-refractivity contribution >= 4 is 6.29 Å². The summed E-state index contributed by atoms with van der Waals surface area (Å²) in [4.78, 5) is 15.4. The van der Waals surface area contributed by atoms with Crippen LogP contribution in [0.3, 0.4) is 0 Å². The van der Waals surface area contributed by atoms with Gasteiger partial charge in [-0.05, 0) is 33.3 Å². The Bertz CT molecular complexity index is 1890. The van der Waals surface area contributed by atoms with Gasteiger partial charge in [0.1, 0.15) is 36.8 Å². The highest BCUT2D eigenvalue weighted by molar-refractivity contribution is 5.57. The van der Waals surface area contributed by atoms with Crippen LogP contribution in [0.5, 0.6) is 0 Å². The predicted molar refractivity (Wildman–Crippen MR) is 210 cm³/mol. The Labute approximate surface area is 327 Å². The summed E-state index contributed by atoms with van der Waals surface area (Å²) in [5.74, 6) is 0. The minimum absolute atomic E-state index is 0.140. The molecule has 0 spiro atoms. The number of rotatable bonds is 22. The van der Waals surface area contributed by atoms with Crippen LogP contribution in [0.4, 0.5) is 0 Å². The smallest absolute Gasteiger partial charge is 0.186 e. The molecule has 1 heterocycles. The van der Waals surface area contributed by atoms with E-state index in [2.05, 4.69) is 10.0 Å². The topological polar surface area (TPSA) is 130 Å². The first kappa shape index (κ1) is 40.5. The summed E-state index contributed by atoms with van der Waals surface area (Å²) in [6.07, 6.45) is -4.43. The number of hydrogen-bond donors (Lipinski definition) is 0. The van der Waals surface area contributed by atoms with Crippen molar-refractivity contribution in [2.45, 2.75) is 75.9 Å². The van der Waals surface area contributed by atoms with Gasteiger partial charge in [0, 0.05) is 4.91 Å². The molecule has 11 heteroatoms. The Hall–Kier alpha value is -5.20. The maximum atomic E-state index is 12.3. The lowest BCUT2D eigenvalue weighted by Gasteiger charge is -2.46. The first-order chi connectivity index (χ1) is 27.7. The molecule has 0 radical (unpaired) electrons. The zero-order valence-electron chi connectivity index (χ0n) is 31.1. The number of azide groups is 1. The minimum atomic E-state index is -1.09. The Morgan fingerprint density at radius 1 is 0.571 bits per heavy atom. The van der Waals surface area contributed by atoms with E-state index in [-0.39, 0.29) is 39.6 Å². The van der Waals surface area contributed by atoms with Crippen LogP contribution in [-0.4, -0.2) is 62.4 Å². The molecule has 0 aliphatic carbocycles. The number of carbonyl (C=O) groups excluding carboxylic acids is 1. The third-order valence-electron chi connectivity index (χ3n) is 9.27. The summed E-state index contributed by atoms with van der Waals surface area (Å²) < 4.78 is 45.6. The quantitative estimate of drug-likeness (QED) is 0.0299. The second-order valence-electron chi connectivity index (χ2n) is 13.3. The van der Waals surface area contributed by atoms with Crippen LogP contribution >= 0.6 is 0 Å². The summed E-state index contributed by atoms with van der Waals surface area (Å²) in [5.41, 5.74) is 14.3. The highest BCUT2D eigenvalue weighted by Crippen LogP contribution is 2.32. The third kappa shape index (κ3) is 12.4. The molecule has 1 saturated heterocycles. The Balaban J connectivity index is 1.29. The Morgan fingerprint density at radius 3 is 1.46 bits per heavy atom. The molecule has 1 fully saturated rings. The van der Waals surface area contributed by atoms with Crippen LogP contribution in [0.15, 0.2) is 157 Å². The van der Waals surface area contributed by atoms with Gasteiger partial charge in [-0.3, -0.25) is 0 Å². The molecule has 1 aliphatic rings. The summed E-state index contributed by atoms with van der Waals surface area (Å²) in [6.45, 7) is 1.18. The fraction of sp³-hybridized carbons (Fsp3) is 0.311. The first-order valence-electron chi connectivity index (χ1n) is 18.7. The average Bonchev–Trinajstić information content (AvgIpc) is 3.25. The molecule has 5 aromatic carbocycles. The molecule has 1 aliphatic heterocycles. The van der Waals surface area contributed by atoms with Crippen LogP contribution < -0.4 is 0 Å². The van der Waals surface area contributed by atoms with E-state index >= 15 is 0 Å². The molecule has 0 bridgehead atoms. The Morgan fingerprint density at radius 2 is 1.00 bits per heavy atom. The molecule has 290 valence electrons. The number of aldehydes is 1. The molecule has 56 heavy (non-hydrogen) atoms. The van der Waals surface area contributed by atoms with Gasteiger partial charge >= 0.3 is 0 Å². The van der Waals surface area contributed by atoms with Crippen molar-refractivity contribution in [2.24, 2.45) is 5.11 Å². The van der Waals surface area contributed by atoms with Gasteiger partial charge < -0.3 is 38.0 Å². The molecular weight excluding hydrogens is 711 g/mol. The molecular formula is C45H47N3O8. The molecule has 6 rings (SSSR count). The maximum absolute atomic E-state index is 12.3. The van der Waals surface area contributed by atoms with Gasteiger partial charge in [-0.2, -0.15) is 0 Å². The van der Waals surface area contributed by atoms with E-state index in [0.29, 0.717) is 12.9 Å². The van der Waals surface area contributed by atoms with Gasteiger partial charge in [-0.25, -0.2) is 0 Å². The molecule has 0 aromatic heterocycles. The Kier molecular flexibility index (Phi) is 16.2. The number of carbonyl (C=O) groups is 1. The molecule has 7 atom stereocenters. The van der Waals surface area contributed by atoms with Gasteiger partial charge in [0.05, 0.1) is 52.3 Å². The summed E-state index contributed by atoms with van der Waals surface area (Å²) >= 11 is 0. The van der Waals surface area contributed by atoms with E-state index in [1.165, 1.54) is 0 Å². The largest absolute Gasteiger partial charge is 0.374 e. The van der Waals surface area contributed by atoms with Gasteiger partial charge in [0.2, 0.25) is 0 Å². The minimum Gasteiger partial charge on any atom is -0.374 e. The fourth-order valence-electron chi connectivity index (χ4n) is 6.34.